The lowest BCUT2D eigenvalue weighted by Gasteiger charge is -2.50. The van der Waals surface area contributed by atoms with Gasteiger partial charge in [-0.2, -0.15) is 0 Å². The molecule has 32 heavy (non-hydrogen) atoms. The lowest BCUT2D eigenvalue weighted by molar-refractivity contribution is -0.131. The van der Waals surface area contributed by atoms with E-state index in [0.717, 1.165) is 6.42 Å². The van der Waals surface area contributed by atoms with Crippen LogP contribution in [0.1, 0.15) is 49.7 Å². The summed E-state index contributed by atoms with van der Waals surface area (Å²) in [7, 11) is 0. The average Bonchev–Trinajstić information content (AvgIpc) is 3.11. The minimum absolute atomic E-state index is 0.0356. The van der Waals surface area contributed by atoms with Crippen LogP contribution < -0.4 is 0 Å². The molecule has 2 aromatic carbocycles. The topological polar surface area (TPSA) is 59.0 Å². The number of nitrogens with zero attached hydrogens (tertiary/aromatic N) is 1. The maximum absolute atomic E-state index is 13.2. The van der Waals surface area contributed by atoms with Crippen molar-refractivity contribution in [1.82, 2.24) is 4.90 Å². The summed E-state index contributed by atoms with van der Waals surface area (Å²) in [5, 5.41) is 11.1. The number of piperidine rings is 1. The number of ether oxygens (including phenoxy) is 2. The van der Waals surface area contributed by atoms with Gasteiger partial charge >= 0.3 is 6.09 Å². The Balaban J connectivity index is 1.30. The third kappa shape index (κ3) is 3.79. The fraction of sp³-hybridized carbons (Fsp3) is 0.444. The van der Waals surface area contributed by atoms with Crippen molar-refractivity contribution >= 4 is 6.09 Å². The molecule has 1 aliphatic carbocycles. The predicted octanol–water partition coefficient (Wildman–Crippen LogP) is 4.33. The van der Waals surface area contributed by atoms with E-state index in [-0.39, 0.29) is 24.1 Å². The fourth-order valence-corrected chi connectivity index (χ4v) is 5.54. The number of hydrogen-bond acceptors (Lipinski definition) is 4. The van der Waals surface area contributed by atoms with E-state index in [9.17, 15) is 9.90 Å². The molecule has 5 nitrogen and oxygen atoms in total. The number of fused-ring (bicyclic) bond motifs is 5. The summed E-state index contributed by atoms with van der Waals surface area (Å²) in [5.41, 5.74) is 3.96. The van der Waals surface area contributed by atoms with E-state index in [1.165, 1.54) is 22.3 Å². The van der Waals surface area contributed by atoms with E-state index in [1.54, 1.807) is 4.90 Å². The van der Waals surface area contributed by atoms with Crippen molar-refractivity contribution in [3.8, 4) is 23.0 Å². The second-order valence-electron chi connectivity index (χ2n) is 9.07. The van der Waals surface area contributed by atoms with Crippen molar-refractivity contribution in [3.63, 3.8) is 0 Å². The number of carbonyl (C=O) groups excluding carboxylic acids is 1. The van der Waals surface area contributed by atoms with Crippen LogP contribution in [0.4, 0.5) is 4.79 Å². The van der Waals surface area contributed by atoms with Gasteiger partial charge in [0.2, 0.25) is 0 Å². The maximum atomic E-state index is 13.2. The number of carbonyl (C=O) groups is 1. The van der Waals surface area contributed by atoms with E-state index in [1.807, 2.05) is 31.2 Å². The summed E-state index contributed by atoms with van der Waals surface area (Å²) in [6, 6.07) is 16.3. The van der Waals surface area contributed by atoms with Crippen molar-refractivity contribution in [2.24, 2.45) is 0 Å². The van der Waals surface area contributed by atoms with Gasteiger partial charge in [-0.1, -0.05) is 55.5 Å². The molecule has 5 heteroatoms. The third-order valence-electron chi connectivity index (χ3n) is 6.90. The molecule has 2 unspecified atom stereocenters. The van der Waals surface area contributed by atoms with Gasteiger partial charge in [-0.3, -0.25) is 4.90 Å². The van der Waals surface area contributed by atoms with Gasteiger partial charge in [-0.15, -0.1) is 11.8 Å². The molecule has 2 saturated heterocycles. The second kappa shape index (κ2) is 8.61. The monoisotopic (exact) mass is 431 g/mol. The smallest absolute Gasteiger partial charge is 0.410 e. The molecule has 2 fully saturated rings. The summed E-state index contributed by atoms with van der Waals surface area (Å²) in [4.78, 5) is 15.0. The van der Waals surface area contributed by atoms with Gasteiger partial charge in [0, 0.05) is 18.8 Å². The first-order valence-corrected chi connectivity index (χ1v) is 11.5. The van der Waals surface area contributed by atoms with Gasteiger partial charge in [0.25, 0.3) is 0 Å². The minimum Gasteiger partial charge on any atom is -0.448 e. The highest BCUT2D eigenvalue weighted by atomic mass is 16.6. The van der Waals surface area contributed by atoms with Gasteiger partial charge in [0.15, 0.2) is 0 Å². The largest absolute Gasteiger partial charge is 0.448 e. The number of benzene rings is 2. The van der Waals surface area contributed by atoms with Crippen LogP contribution in [0.3, 0.4) is 0 Å². The van der Waals surface area contributed by atoms with Crippen molar-refractivity contribution < 1.29 is 19.4 Å². The molecular formula is C27H29NO4. The first kappa shape index (κ1) is 21.1. The minimum atomic E-state index is -0.874. The SMILES string of the molecule is CCC#CCC1(O)CC2COCC(C1)N2C(=O)OCC1c2ccccc2-c2ccccc21. The van der Waals surface area contributed by atoms with E-state index in [4.69, 9.17) is 9.47 Å². The Labute approximate surface area is 189 Å². The van der Waals surface area contributed by atoms with E-state index >= 15 is 0 Å². The quantitative estimate of drug-likeness (QED) is 0.735. The van der Waals surface area contributed by atoms with Crippen LogP contribution in [0.2, 0.25) is 0 Å². The molecule has 0 aromatic heterocycles. The summed E-state index contributed by atoms with van der Waals surface area (Å²) in [6.45, 7) is 3.14. The summed E-state index contributed by atoms with van der Waals surface area (Å²) in [5.74, 6) is 6.16. The number of aliphatic hydroxyl groups is 1. The molecule has 2 bridgehead atoms. The predicted molar refractivity (Wildman–Crippen MR) is 122 cm³/mol. The zero-order chi connectivity index (χ0) is 22.1. The normalized spacial score (nSPS) is 26.0. The van der Waals surface area contributed by atoms with Crippen LogP contribution in [0.5, 0.6) is 0 Å². The highest BCUT2D eigenvalue weighted by Gasteiger charge is 2.48. The summed E-state index contributed by atoms with van der Waals surface area (Å²) < 4.78 is 11.6. The lowest BCUT2D eigenvalue weighted by Crippen LogP contribution is -2.63. The van der Waals surface area contributed by atoms with Gasteiger partial charge in [0.05, 0.1) is 30.9 Å². The van der Waals surface area contributed by atoms with Crippen LogP contribution >= 0.6 is 0 Å². The molecule has 2 heterocycles. The second-order valence-corrected chi connectivity index (χ2v) is 9.07. The first-order valence-electron chi connectivity index (χ1n) is 11.5. The third-order valence-corrected chi connectivity index (χ3v) is 6.90. The Bertz CT molecular complexity index is 1010. The number of morpholine rings is 1. The van der Waals surface area contributed by atoms with Crippen LogP contribution in [-0.4, -0.2) is 53.6 Å². The fourth-order valence-electron chi connectivity index (χ4n) is 5.54. The Hall–Kier alpha value is -2.81. The molecule has 2 atom stereocenters. The van der Waals surface area contributed by atoms with Crippen molar-refractivity contribution in [1.29, 1.82) is 0 Å². The first-order chi connectivity index (χ1) is 15.6. The van der Waals surface area contributed by atoms with Crippen molar-refractivity contribution in [3.05, 3.63) is 59.7 Å². The Morgan fingerprint density at radius 3 is 2.25 bits per heavy atom. The van der Waals surface area contributed by atoms with Crippen molar-refractivity contribution in [2.45, 2.75) is 56.2 Å². The molecule has 1 amide bonds. The summed E-state index contributed by atoms with van der Waals surface area (Å²) >= 11 is 0. The number of amides is 1. The van der Waals surface area contributed by atoms with Crippen LogP contribution in [-0.2, 0) is 9.47 Å². The van der Waals surface area contributed by atoms with Crippen LogP contribution in [0.15, 0.2) is 48.5 Å². The lowest BCUT2D eigenvalue weighted by atomic mass is 9.79. The van der Waals surface area contributed by atoms with Gasteiger partial charge in [-0.05, 0) is 35.1 Å². The zero-order valence-electron chi connectivity index (χ0n) is 18.4. The van der Waals surface area contributed by atoms with Crippen molar-refractivity contribution in [2.75, 3.05) is 19.8 Å². The zero-order valence-corrected chi connectivity index (χ0v) is 18.4. The molecule has 0 saturated carbocycles. The Morgan fingerprint density at radius 1 is 1.06 bits per heavy atom. The standard InChI is InChI=1S/C27H29NO4/c1-2-3-8-13-27(30)14-19-16-31-17-20(15-27)28(19)26(29)32-18-25-23-11-6-4-9-21(23)22-10-5-7-12-24(22)25/h4-7,9-12,19-20,25,30H,2,13-18H2,1H3. The molecule has 0 spiro atoms. The number of hydrogen-bond donors (Lipinski definition) is 1. The summed E-state index contributed by atoms with van der Waals surface area (Å²) in [6.07, 6.45) is 1.83. The van der Waals surface area contributed by atoms with Crippen LogP contribution in [0.25, 0.3) is 11.1 Å². The maximum Gasteiger partial charge on any atom is 0.410 e. The van der Waals surface area contributed by atoms with Crippen LogP contribution in [0, 0.1) is 11.8 Å². The highest BCUT2D eigenvalue weighted by Crippen LogP contribution is 2.45. The number of rotatable bonds is 3. The van der Waals surface area contributed by atoms with Gasteiger partial charge in [0.1, 0.15) is 6.61 Å². The van der Waals surface area contributed by atoms with Gasteiger partial charge in [-0.25, -0.2) is 4.79 Å². The molecule has 166 valence electrons. The molecule has 2 aromatic rings. The highest BCUT2D eigenvalue weighted by molar-refractivity contribution is 5.79. The molecule has 2 aliphatic heterocycles. The molecule has 3 aliphatic rings. The molecule has 0 radical (unpaired) electrons. The average molecular weight is 432 g/mol. The van der Waals surface area contributed by atoms with E-state index in [0.29, 0.717) is 39.1 Å². The van der Waals surface area contributed by atoms with Gasteiger partial charge < -0.3 is 14.6 Å². The molecule has 1 N–H and O–H groups in total. The van der Waals surface area contributed by atoms with E-state index in [2.05, 4.69) is 36.1 Å². The molecular weight excluding hydrogens is 402 g/mol. The van der Waals surface area contributed by atoms with E-state index < -0.39 is 5.60 Å². The Morgan fingerprint density at radius 2 is 1.66 bits per heavy atom. The Kier molecular flexibility index (Phi) is 5.67. The molecule has 5 rings (SSSR count).